The number of nitrogens with one attached hydrogen (secondary N) is 1. The Kier molecular flexibility index (Phi) is 5.31. The minimum absolute atomic E-state index is 0.136. The highest BCUT2D eigenvalue weighted by atomic mass is 16.2. The van der Waals surface area contributed by atoms with Crippen LogP contribution >= 0.6 is 0 Å². The number of likely N-dealkylation sites (tertiary alicyclic amines) is 1. The smallest absolute Gasteiger partial charge is 0.225 e. The van der Waals surface area contributed by atoms with Gasteiger partial charge in [0.2, 0.25) is 11.9 Å². The van der Waals surface area contributed by atoms with Gasteiger partial charge in [-0.05, 0) is 44.1 Å². The lowest BCUT2D eigenvalue weighted by atomic mass is 9.95. The van der Waals surface area contributed by atoms with Gasteiger partial charge in [-0.25, -0.2) is 15.0 Å². The van der Waals surface area contributed by atoms with Gasteiger partial charge in [-0.2, -0.15) is 0 Å². The van der Waals surface area contributed by atoms with Crippen LogP contribution in [0.3, 0.4) is 0 Å². The number of hydrogen-bond acceptors (Lipinski definition) is 6. The lowest BCUT2D eigenvalue weighted by Gasteiger charge is -2.38. The van der Waals surface area contributed by atoms with E-state index in [1.807, 2.05) is 29.2 Å². The van der Waals surface area contributed by atoms with Crippen LogP contribution in [0.2, 0.25) is 0 Å². The average Bonchev–Trinajstić information content (AvgIpc) is 3.22. The number of fused-ring (bicyclic) bond motifs is 1. The van der Waals surface area contributed by atoms with Crippen LogP contribution in [0.4, 0.5) is 5.95 Å². The molecule has 8 heteroatoms. The van der Waals surface area contributed by atoms with E-state index in [4.69, 9.17) is 0 Å². The van der Waals surface area contributed by atoms with Crippen LogP contribution in [-0.4, -0.2) is 74.9 Å². The van der Waals surface area contributed by atoms with Crippen LogP contribution in [-0.2, 0) is 11.3 Å². The molecule has 2 aliphatic rings. The molecule has 5 rings (SSSR count). The summed E-state index contributed by atoms with van der Waals surface area (Å²) in [7, 11) is 0. The number of carbonyl (C=O) groups is 1. The first-order valence-electron chi connectivity index (χ1n) is 10.7. The monoisotopic (exact) mass is 405 g/mol. The van der Waals surface area contributed by atoms with Crippen molar-refractivity contribution in [1.82, 2.24) is 29.7 Å². The maximum atomic E-state index is 13.0. The number of hydrogen-bond donors (Lipinski definition) is 1. The third kappa shape index (κ3) is 4.00. The number of amides is 1. The number of para-hydroxylation sites is 2. The van der Waals surface area contributed by atoms with Crippen molar-refractivity contribution < 1.29 is 4.79 Å². The van der Waals surface area contributed by atoms with Gasteiger partial charge in [0.1, 0.15) is 5.82 Å². The third-order valence-electron chi connectivity index (χ3n) is 6.17. The molecule has 0 radical (unpaired) electrons. The molecule has 2 aliphatic heterocycles. The summed E-state index contributed by atoms with van der Waals surface area (Å²) in [5.41, 5.74) is 2.09. The molecule has 2 fully saturated rings. The van der Waals surface area contributed by atoms with Crippen molar-refractivity contribution >= 4 is 22.9 Å². The lowest BCUT2D eigenvalue weighted by Crippen LogP contribution is -2.52. The van der Waals surface area contributed by atoms with Gasteiger partial charge in [0, 0.05) is 44.5 Å². The molecule has 1 N–H and O–H groups in total. The molecule has 156 valence electrons. The van der Waals surface area contributed by atoms with Gasteiger partial charge in [0.25, 0.3) is 0 Å². The summed E-state index contributed by atoms with van der Waals surface area (Å²) >= 11 is 0. The summed E-state index contributed by atoms with van der Waals surface area (Å²) in [4.78, 5) is 36.3. The fraction of sp³-hybridized carbons (Fsp3) is 0.455. The molecule has 2 aromatic heterocycles. The molecule has 1 amide bonds. The highest BCUT2D eigenvalue weighted by Crippen LogP contribution is 2.22. The fourth-order valence-electron chi connectivity index (χ4n) is 4.47. The van der Waals surface area contributed by atoms with Gasteiger partial charge in [0.05, 0.1) is 17.6 Å². The summed E-state index contributed by atoms with van der Waals surface area (Å²) in [6.45, 7) is 5.76. The fourth-order valence-corrected chi connectivity index (χ4v) is 4.47. The van der Waals surface area contributed by atoms with Crippen molar-refractivity contribution in [3.05, 3.63) is 48.5 Å². The zero-order valence-electron chi connectivity index (χ0n) is 17.1. The zero-order chi connectivity index (χ0) is 20.3. The van der Waals surface area contributed by atoms with Gasteiger partial charge in [-0.3, -0.25) is 9.69 Å². The standard InChI is InChI=1S/C22H27N7O/c30-21(28-12-14-29(15-13-28)22-23-8-3-9-24-22)17-6-10-27(11-7-17)16-20-25-18-4-1-2-5-19(18)26-20/h1-5,8-9,17H,6-7,10-16H2,(H,25,26). The van der Waals surface area contributed by atoms with Crippen molar-refractivity contribution in [2.45, 2.75) is 19.4 Å². The Labute approximate surface area is 175 Å². The van der Waals surface area contributed by atoms with Crippen molar-refractivity contribution in [3.63, 3.8) is 0 Å². The summed E-state index contributed by atoms with van der Waals surface area (Å²) in [5, 5.41) is 0. The SMILES string of the molecule is O=C(C1CCN(Cc2nc3ccccc3[nH]2)CC1)N1CCN(c2ncccn2)CC1. The number of H-pyrrole nitrogens is 1. The first-order chi connectivity index (χ1) is 14.8. The number of aromatic nitrogens is 4. The molecule has 0 saturated carbocycles. The second kappa shape index (κ2) is 8.39. The predicted molar refractivity (Wildman–Crippen MR) is 115 cm³/mol. The molecule has 3 aromatic rings. The molecule has 0 spiro atoms. The molecule has 0 unspecified atom stereocenters. The molecule has 30 heavy (non-hydrogen) atoms. The van der Waals surface area contributed by atoms with Gasteiger partial charge in [0.15, 0.2) is 0 Å². The van der Waals surface area contributed by atoms with Crippen molar-refractivity contribution in [2.24, 2.45) is 5.92 Å². The largest absolute Gasteiger partial charge is 0.341 e. The van der Waals surface area contributed by atoms with Crippen LogP contribution < -0.4 is 4.90 Å². The van der Waals surface area contributed by atoms with Crippen LogP contribution in [0.5, 0.6) is 0 Å². The van der Waals surface area contributed by atoms with Gasteiger partial charge >= 0.3 is 0 Å². The lowest BCUT2D eigenvalue weighted by molar-refractivity contribution is -0.137. The van der Waals surface area contributed by atoms with E-state index in [-0.39, 0.29) is 5.92 Å². The number of anilines is 1. The zero-order valence-corrected chi connectivity index (χ0v) is 17.1. The van der Waals surface area contributed by atoms with E-state index in [1.165, 1.54) is 0 Å². The Morgan fingerprint density at radius 2 is 1.70 bits per heavy atom. The number of benzene rings is 1. The minimum atomic E-state index is 0.136. The van der Waals surface area contributed by atoms with Crippen molar-refractivity contribution in [1.29, 1.82) is 0 Å². The summed E-state index contributed by atoms with van der Waals surface area (Å²) in [5.74, 6) is 2.20. The van der Waals surface area contributed by atoms with Crippen molar-refractivity contribution in [3.8, 4) is 0 Å². The van der Waals surface area contributed by atoms with E-state index in [0.29, 0.717) is 5.91 Å². The van der Waals surface area contributed by atoms with Gasteiger partial charge < -0.3 is 14.8 Å². The number of aromatic amines is 1. The summed E-state index contributed by atoms with van der Waals surface area (Å²) in [6, 6.07) is 9.94. The highest BCUT2D eigenvalue weighted by molar-refractivity contribution is 5.79. The number of nitrogens with zero attached hydrogens (tertiary/aromatic N) is 6. The molecule has 4 heterocycles. The van der Waals surface area contributed by atoms with Gasteiger partial charge in [-0.15, -0.1) is 0 Å². The quantitative estimate of drug-likeness (QED) is 0.714. The molecule has 0 atom stereocenters. The number of rotatable bonds is 4. The normalized spacial score (nSPS) is 18.8. The minimum Gasteiger partial charge on any atom is -0.341 e. The van der Waals surface area contributed by atoms with E-state index < -0.39 is 0 Å². The molecule has 1 aromatic carbocycles. The molecule has 0 bridgehead atoms. The van der Waals surface area contributed by atoms with E-state index >= 15 is 0 Å². The topological polar surface area (TPSA) is 81.3 Å². The Bertz CT molecular complexity index is 956. The predicted octanol–water partition coefficient (Wildman–Crippen LogP) is 1.91. The van der Waals surface area contributed by atoms with Crippen LogP contribution in [0.15, 0.2) is 42.7 Å². The maximum absolute atomic E-state index is 13.0. The molecular formula is C22H27N7O. The number of piperazine rings is 1. The Balaban J connectivity index is 1.11. The second-order valence-corrected chi connectivity index (χ2v) is 8.11. The Morgan fingerprint density at radius 3 is 2.43 bits per heavy atom. The molecule has 2 saturated heterocycles. The van der Waals surface area contributed by atoms with E-state index in [0.717, 1.165) is 81.5 Å². The molecule has 0 aliphatic carbocycles. The van der Waals surface area contributed by atoms with Gasteiger partial charge in [-0.1, -0.05) is 12.1 Å². The maximum Gasteiger partial charge on any atom is 0.225 e. The first-order valence-corrected chi connectivity index (χ1v) is 10.7. The first kappa shape index (κ1) is 19.0. The van der Waals surface area contributed by atoms with E-state index in [1.54, 1.807) is 12.4 Å². The molecular weight excluding hydrogens is 378 g/mol. The van der Waals surface area contributed by atoms with Crippen LogP contribution in [0.25, 0.3) is 11.0 Å². The molecule has 8 nitrogen and oxygen atoms in total. The number of piperidine rings is 1. The van der Waals surface area contributed by atoms with Crippen LogP contribution in [0, 0.1) is 5.92 Å². The average molecular weight is 406 g/mol. The third-order valence-corrected chi connectivity index (χ3v) is 6.17. The summed E-state index contributed by atoms with van der Waals surface area (Å²) in [6.07, 6.45) is 5.36. The Morgan fingerprint density at radius 1 is 0.967 bits per heavy atom. The van der Waals surface area contributed by atoms with Crippen LogP contribution in [0.1, 0.15) is 18.7 Å². The Hall–Kier alpha value is -3.00. The highest BCUT2D eigenvalue weighted by Gasteiger charge is 2.31. The second-order valence-electron chi connectivity index (χ2n) is 8.11. The van der Waals surface area contributed by atoms with Crippen molar-refractivity contribution in [2.75, 3.05) is 44.2 Å². The number of carbonyl (C=O) groups excluding carboxylic acids is 1. The van der Waals surface area contributed by atoms with E-state index in [9.17, 15) is 4.79 Å². The summed E-state index contributed by atoms with van der Waals surface area (Å²) < 4.78 is 0. The van der Waals surface area contributed by atoms with E-state index in [2.05, 4.69) is 35.8 Å². The number of imidazole rings is 1.